The Balaban J connectivity index is 2.23. The van der Waals surface area contributed by atoms with Crippen LogP contribution >= 0.6 is 0 Å². The van der Waals surface area contributed by atoms with E-state index in [-0.39, 0.29) is 5.43 Å². The van der Waals surface area contributed by atoms with Crippen LogP contribution in [-0.4, -0.2) is 19.3 Å². The smallest absolute Gasteiger partial charge is 0.181 e. The summed E-state index contributed by atoms with van der Waals surface area (Å²) in [7, 11) is 1.84. The fraction of sp³-hybridized carbons (Fsp3) is 0.222. The highest BCUT2D eigenvalue weighted by molar-refractivity contribution is 4.96. The predicted molar refractivity (Wildman–Crippen MR) is 50.8 cm³/mol. The van der Waals surface area contributed by atoms with Gasteiger partial charge in [0, 0.05) is 31.6 Å². The van der Waals surface area contributed by atoms with Crippen molar-refractivity contribution in [3.8, 4) is 0 Å². The number of rotatable bonds is 2. The molecule has 0 aliphatic carbocycles. The van der Waals surface area contributed by atoms with Crippen LogP contribution in [0.1, 0.15) is 5.82 Å². The number of hydrogen-bond donors (Lipinski definition) is 0. The fourth-order valence-corrected chi connectivity index (χ4v) is 1.18. The summed E-state index contributed by atoms with van der Waals surface area (Å²) in [5, 5.41) is 3.96. The van der Waals surface area contributed by atoms with E-state index >= 15 is 0 Å². The Bertz CT molecular complexity index is 465. The zero-order valence-electron chi connectivity index (χ0n) is 7.79. The first-order valence-corrected chi connectivity index (χ1v) is 4.25. The molecular weight excluding hydrogens is 180 g/mol. The molecular formula is C9H10N4O. The molecule has 0 radical (unpaired) electrons. The molecule has 0 aliphatic rings. The van der Waals surface area contributed by atoms with Gasteiger partial charge in [0.1, 0.15) is 12.2 Å². The molecule has 0 atom stereocenters. The molecule has 0 unspecified atom stereocenters. The summed E-state index contributed by atoms with van der Waals surface area (Å²) < 4.78 is 3.59. The van der Waals surface area contributed by atoms with Crippen LogP contribution in [0, 0.1) is 0 Å². The molecule has 2 aromatic rings. The molecule has 0 aromatic carbocycles. The third-order valence-corrected chi connectivity index (χ3v) is 1.99. The number of pyridine rings is 1. The van der Waals surface area contributed by atoms with Gasteiger partial charge < -0.3 is 4.57 Å². The van der Waals surface area contributed by atoms with Gasteiger partial charge in [0.2, 0.25) is 0 Å². The molecule has 0 amide bonds. The number of nitrogens with zero attached hydrogens (tertiary/aromatic N) is 4. The van der Waals surface area contributed by atoms with Gasteiger partial charge in [-0.05, 0) is 0 Å². The summed E-state index contributed by atoms with van der Waals surface area (Å²) in [6.45, 7) is 0.622. The summed E-state index contributed by atoms with van der Waals surface area (Å²) in [6.07, 6.45) is 4.98. The number of hydrogen-bond acceptors (Lipinski definition) is 3. The number of aryl methyl sites for hydroxylation is 1. The van der Waals surface area contributed by atoms with Crippen LogP contribution in [0.5, 0.6) is 0 Å². The molecule has 2 heterocycles. The van der Waals surface area contributed by atoms with E-state index in [2.05, 4.69) is 10.1 Å². The lowest BCUT2D eigenvalue weighted by atomic mass is 10.4. The Kier molecular flexibility index (Phi) is 2.14. The first-order valence-electron chi connectivity index (χ1n) is 4.25. The Morgan fingerprint density at radius 3 is 2.64 bits per heavy atom. The van der Waals surface area contributed by atoms with Crippen molar-refractivity contribution in [3.63, 3.8) is 0 Å². The standard InChI is InChI=1S/C9H10N4O/c1-12-9(10-7-11-12)6-13-4-2-8(14)3-5-13/h2-5,7H,6H2,1H3. The van der Waals surface area contributed by atoms with Gasteiger partial charge in [0.25, 0.3) is 0 Å². The summed E-state index contributed by atoms with van der Waals surface area (Å²) in [6, 6.07) is 3.05. The zero-order chi connectivity index (χ0) is 9.97. The third-order valence-electron chi connectivity index (χ3n) is 1.99. The maximum Gasteiger partial charge on any atom is 0.181 e. The van der Waals surface area contributed by atoms with E-state index < -0.39 is 0 Å². The maximum atomic E-state index is 10.8. The van der Waals surface area contributed by atoms with E-state index in [1.54, 1.807) is 17.1 Å². The zero-order valence-corrected chi connectivity index (χ0v) is 7.79. The second kappa shape index (κ2) is 3.45. The second-order valence-electron chi connectivity index (χ2n) is 3.01. The summed E-state index contributed by atoms with van der Waals surface area (Å²) in [5.41, 5.74) is 0.0132. The van der Waals surface area contributed by atoms with E-state index in [9.17, 15) is 4.79 Å². The van der Waals surface area contributed by atoms with Gasteiger partial charge in [-0.3, -0.25) is 9.48 Å². The predicted octanol–water partition coefficient (Wildman–Crippen LogP) is 0.0251. The Hall–Kier alpha value is -1.91. The van der Waals surface area contributed by atoms with E-state index in [0.29, 0.717) is 6.54 Å². The molecule has 5 heteroatoms. The molecule has 0 bridgehead atoms. The normalized spacial score (nSPS) is 10.4. The van der Waals surface area contributed by atoms with Crippen LogP contribution in [0.3, 0.4) is 0 Å². The lowest BCUT2D eigenvalue weighted by Gasteiger charge is -2.03. The van der Waals surface area contributed by atoms with Gasteiger partial charge in [-0.25, -0.2) is 4.98 Å². The highest BCUT2D eigenvalue weighted by Crippen LogP contribution is 1.94. The Labute approximate surface area is 80.6 Å². The largest absolute Gasteiger partial charge is 0.346 e. The van der Waals surface area contributed by atoms with Crippen molar-refractivity contribution in [1.29, 1.82) is 0 Å². The van der Waals surface area contributed by atoms with Crippen LogP contribution in [0.15, 0.2) is 35.6 Å². The first kappa shape index (κ1) is 8.68. The van der Waals surface area contributed by atoms with Crippen molar-refractivity contribution in [2.45, 2.75) is 6.54 Å². The van der Waals surface area contributed by atoms with Crippen molar-refractivity contribution in [2.75, 3.05) is 0 Å². The summed E-state index contributed by atoms with van der Waals surface area (Å²) in [5.74, 6) is 0.855. The van der Waals surface area contributed by atoms with Crippen LogP contribution in [0.4, 0.5) is 0 Å². The van der Waals surface area contributed by atoms with Gasteiger partial charge >= 0.3 is 0 Å². The fourth-order valence-electron chi connectivity index (χ4n) is 1.18. The third kappa shape index (κ3) is 1.71. The lowest BCUT2D eigenvalue weighted by molar-refractivity contribution is 0.651. The van der Waals surface area contributed by atoms with Crippen molar-refractivity contribution in [1.82, 2.24) is 19.3 Å². The van der Waals surface area contributed by atoms with Crippen LogP contribution in [-0.2, 0) is 13.6 Å². The van der Waals surface area contributed by atoms with E-state index in [4.69, 9.17) is 0 Å². The molecule has 0 saturated carbocycles. The minimum atomic E-state index is 0.0132. The molecule has 72 valence electrons. The maximum absolute atomic E-state index is 10.8. The van der Waals surface area contributed by atoms with Crippen molar-refractivity contribution in [3.05, 3.63) is 46.9 Å². The van der Waals surface area contributed by atoms with Crippen molar-refractivity contribution in [2.24, 2.45) is 7.05 Å². The first-order chi connectivity index (χ1) is 6.75. The minimum Gasteiger partial charge on any atom is -0.346 e. The SMILES string of the molecule is Cn1ncnc1Cn1ccc(=O)cc1. The van der Waals surface area contributed by atoms with Crippen LogP contribution < -0.4 is 5.43 Å². The minimum absolute atomic E-state index is 0.0132. The molecule has 0 fully saturated rings. The van der Waals surface area contributed by atoms with Crippen molar-refractivity contribution < 1.29 is 0 Å². The Morgan fingerprint density at radius 1 is 1.36 bits per heavy atom. The highest BCUT2D eigenvalue weighted by Gasteiger charge is 1.99. The Morgan fingerprint density at radius 2 is 2.07 bits per heavy atom. The molecule has 0 saturated heterocycles. The lowest BCUT2D eigenvalue weighted by Crippen LogP contribution is -2.08. The average molecular weight is 190 g/mol. The highest BCUT2D eigenvalue weighted by atomic mass is 16.1. The summed E-state index contributed by atoms with van der Waals surface area (Å²) in [4.78, 5) is 14.9. The van der Waals surface area contributed by atoms with Gasteiger partial charge in [-0.2, -0.15) is 5.10 Å². The van der Waals surface area contributed by atoms with Crippen LogP contribution in [0.25, 0.3) is 0 Å². The second-order valence-corrected chi connectivity index (χ2v) is 3.01. The van der Waals surface area contributed by atoms with Gasteiger partial charge in [-0.15, -0.1) is 0 Å². The molecule has 0 spiro atoms. The quantitative estimate of drug-likeness (QED) is 0.671. The molecule has 14 heavy (non-hydrogen) atoms. The molecule has 0 N–H and O–H groups in total. The van der Waals surface area contributed by atoms with E-state index in [0.717, 1.165) is 5.82 Å². The van der Waals surface area contributed by atoms with Gasteiger partial charge in [0.05, 0.1) is 6.54 Å². The summed E-state index contributed by atoms with van der Waals surface area (Å²) >= 11 is 0. The molecule has 2 rings (SSSR count). The topological polar surface area (TPSA) is 52.7 Å². The van der Waals surface area contributed by atoms with Crippen LogP contribution in [0.2, 0.25) is 0 Å². The molecule has 2 aromatic heterocycles. The van der Waals surface area contributed by atoms with Gasteiger partial charge in [-0.1, -0.05) is 0 Å². The van der Waals surface area contributed by atoms with Gasteiger partial charge in [0.15, 0.2) is 5.43 Å². The average Bonchev–Trinajstić information content (AvgIpc) is 2.56. The molecule has 0 aliphatic heterocycles. The van der Waals surface area contributed by atoms with E-state index in [1.807, 2.05) is 11.6 Å². The van der Waals surface area contributed by atoms with E-state index in [1.165, 1.54) is 18.5 Å². The number of aromatic nitrogens is 4. The van der Waals surface area contributed by atoms with Crippen molar-refractivity contribution >= 4 is 0 Å². The monoisotopic (exact) mass is 190 g/mol. The molecule has 5 nitrogen and oxygen atoms in total.